The van der Waals surface area contributed by atoms with Crippen molar-refractivity contribution in [3.63, 3.8) is 0 Å². The summed E-state index contributed by atoms with van der Waals surface area (Å²) in [4.78, 5) is 11.9. The maximum atomic E-state index is 13.5. The van der Waals surface area contributed by atoms with E-state index in [2.05, 4.69) is 26.4 Å². The Morgan fingerprint density at radius 2 is 2.33 bits per heavy atom. The van der Waals surface area contributed by atoms with Crippen LogP contribution in [0, 0.1) is 5.82 Å². The molecule has 1 unspecified atom stereocenters. The summed E-state index contributed by atoms with van der Waals surface area (Å²) in [6, 6.07) is 3.58. The molecule has 0 fully saturated rings. The van der Waals surface area contributed by atoms with Gasteiger partial charge >= 0.3 is 0 Å². The van der Waals surface area contributed by atoms with Crippen LogP contribution < -0.4 is 11.1 Å². The van der Waals surface area contributed by atoms with E-state index in [1.807, 2.05) is 0 Å². The fourth-order valence-corrected chi connectivity index (χ4v) is 1.92. The molecule has 1 aromatic rings. The first-order chi connectivity index (χ1) is 8.51. The average molecular weight is 318 g/mol. The minimum atomic E-state index is -0.644. The van der Waals surface area contributed by atoms with Crippen molar-refractivity contribution in [2.75, 3.05) is 0 Å². The number of carbonyl (C=O) groups excluding carboxylic acids is 1. The van der Waals surface area contributed by atoms with Crippen molar-refractivity contribution in [3.05, 3.63) is 34.1 Å². The Bertz CT molecular complexity index is 459. The molecule has 0 aliphatic carbocycles. The molecule has 1 aromatic carbocycles. The van der Waals surface area contributed by atoms with Crippen molar-refractivity contribution >= 4 is 27.7 Å². The molecule has 1 amide bonds. The first-order valence-corrected chi connectivity index (χ1v) is 6.02. The van der Waals surface area contributed by atoms with Gasteiger partial charge in [-0.15, -0.1) is 0 Å². The number of benzene rings is 1. The SMILES string of the molecule is CCC(NC(=O)c1c(F)cccc1Br)/C(N)=N/O. The van der Waals surface area contributed by atoms with Crippen LogP contribution in [0.15, 0.2) is 27.8 Å². The van der Waals surface area contributed by atoms with Gasteiger partial charge in [-0.05, 0) is 34.5 Å². The predicted molar refractivity (Wildman–Crippen MR) is 69.1 cm³/mol. The second kappa shape index (κ2) is 6.34. The third-order valence-corrected chi connectivity index (χ3v) is 3.04. The van der Waals surface area contributed by atoms with E-state index in [4.69, 9.17) is 10.9 Å². The molecule has 0 saturated carbocycles. The highest BCUT2D eigenvalue weighted by atomic mass is 79.9. The maximum Gasteiger partial charge on any atom is 0.256 e. The number of rotatable bonds is 4. The number of nitrogens with two attached hydrogens (primary N) is 1. The molecule has 98 valence electrons. The number of amides is 1. The van der Waals surface area contributed by atoms with Gasteiger partial charge in [0, 0.05) is 4.47 Å². The van der Waals surface area contributed by atoms with Crippen LogP contribution in [0.5, 0.6) is 0 Å². The van der Waals surface area contributed by atoms with Crippen molar-refractivity contribution in [1.29, 1.82) is 0 Å². The quantitative estimate of drug-likeness (QED) is 0.343. The normalized spacial score (nSPS) is 13.2. The molecule has 1 rings (SSSR count). The van der Waals surface area contributed by atoms with Gasteiger partial charge < -0.3 is 16.3 Å². The summed E-state index contributed by atoms with van der Waals surface area (Å²) in [5.74, 6) is -1.40. The number of oxime groups is 1. The minimum absolute atomic E-state index is 0.110. The lowest BCUT2D eigenvalue weighted by molar-refractivity contribution is 0.0940. The summed E-state index contributed by atoms with van der Waals surface area (Å²) < 4.78 is 13.9. The molecule has 0 heterocycles. The van der Waals surface area contributed by atoms with Gasteiger partial charge in [-0.2, -0.15) is 0 Å². The highest BCUT2D eigenvalue weighted by molar-refractivity contribution is 9.10. The van der Waals surface area contributed by atoms with Gasteiger partial charge in [0.1, 0.15) is 5.82 Å². The first-order valence-electron chi connectivity index (χ1n) is 5.23. The van der Waals surface area contributed by atoms with Crippen molar-refractivity contribution in [3.8, 4) is 0 Å². The lowest BCUT2D eigenvalue weighted by Crippen LogP contribution is -2.44. The highest BCUT2D eigenvalue weighted by Gasteiger charge is 2.20. The third-order valence-electron chi connectivity index (χ3n) is 2.38. The van der Waals surface area contributed by atoms with E-state index in [1.165, 1.54) is 12.1 Å². The van der Waals surface area contributed by atoms with E-state index < -0.39 is 17.8 Å². The predicted octanol–water partition coefficient (Wildman–Crippen LogP) is 1.84. The van der Waals surface area contributed by atoms with Crippen LogP contribution in [0.25, 0.3) is 0 Å². The molecule has 0 aliphatic heterocycles. The summed E-state index contributed by atoms with van der Waals surface area (Å²) in [6.45, 7) is 1.75. The monoisotopic (exact) mass is 317 g/mol. The van der Waals surface area contributed by atoms with Crippen LogP contribution in [0.1, 0.15) is 23.7 Å². The molecule has 4 N–H and O–H groups in total. The topological polar surface area (TPSA) is 87.7 Å². The molecule has 0 aromatic heterocycles. The summed E-state index contributed by atoms with van der Waals surface area (Å²) in [5.41, 5.74) is 5.30. The third kappa shape index (κ3) is 3.19. The summed E-state index contributed by atoms with van der Waals surface area (Å²) >= 11 is 3.10. The molecule has 0 saturated heterocycles. The maximum absolute atomic E-state index is 13.5. The van der Waals surface area contributed by atoms with E-state index in [0.717, 1.165) is 0 Å². The molecule has 7 heteroatoms. The van der Waals surface area contributed by atoms with Crippen LogP contribution in [-0.4, -0.2) is 23.0 Å². The van der Waals surface area contributed by atoms with Gasteiger partial charge in [0.15, 0.2) is 5.84 Å². The van der Waals surface area contributed by atoms with Crippen LogP contribution in [0.4, 0.5) is 4.39 Å². The molecular formula is C11H13BrFN3O2. The molecule has 1 atom stereocenters. The number of nitrogens with zero attached hydrogens (tertiary/aromatic N) is 1. The average Bonchev–Trinajstić information content (AvgIpc) is 2.34. The Balaban J connectivity index is 2.95. The summed E-state index contributed by atoms with van der Waals surface area (Å²) in [5, 5.41) is 13.9. The molecule has 5 nitrogen and oxygen atoms in total. The number of nitrogens with one attached hydrogen (secondary N) is 1. The number of hydrogen-bond donors (Lipinski definition) is 3. The van der Waals surface area contributed by atoms with E-state index in [9.17, 15) is 9.18 Å². The lowest BCUT2D eigenvalue weighted by Gasteiger charge is -2.16. The zero-order chi connectivity index (χ0) is 13.7. The Morgan fingerprint density at radius 1 is 1.67 bits per heavy atom. The van der Waals surface area contributed by atoms with Crippen LogP contribution in [0.3, 0.4) is 0 Å². The van der Waals surface area contributed by atoms with Gasteiger partial charge in [0.2, 0.25) is 0 Å². The molecule has 0 aliphatic rings. The fourth-order valence-electron chi connectivity index (χ4n) is 1.40. The van der Waals surface area contributed by atoms with Gasteiger partial charge in [-0.25, -0.2) is 4.39 Å². The summed E-state index contributed by atoms with van der Waals surface area (Å²) in [6.07, 6.45) is 0.424. The molecule has 18 heavy (non-hydrogen) atoms. The second-order valence-corrected chi connectivity index (χ2v) is 4.41. The van der Waals surface area contributed by atoms with Gasteiger partial charge in [0.05, 0.1) is 11.6 Å². The van der Waals surface area contributed by atoms with Crippen molar-refractivity contribution in [2.24, 2.45) is 10.9 Å². The fraction of sp³-hybridized carbons (Fsp3) is 0.273. The zero-order valence-corrected chi connectivity index (χ0v) is 11.2. The van der Waals surface area contributed by atoms with Crippen LogP contribution in [0.2, 0.25) is 0 Å². The Kier molecular flexibility index (Phi) is 5.08. The smallest absolute Gasteiger partial charge is 0.256 e. The van der Waals surface area contributed by atoms with Crippen molar-refractivity contribution in [2.45, 2.75) is 19.4 Å². The van der Waals surface area contributed by atoms with E-state index in [0.29, 0.717) is 10.9 Å². The standard InChI is InChI=1S/C11H13BrFN3O2/c1-2-8(10(14)16-18)15-11(17)9-6(12)4-3-5-7(9)13/h3-5,8,18H,2H2,1H3,(H2,14,16)(H,15,17). The Morgan fingerprint density at radius 3 is 2.83 bits per heavy atom. The molecule has 0 radical (unpaired) electrons. The zero-order valence-electron chi connectivity index (χ0n) is 9.65. The van der Waals surface area contributed by atoms with Crippen molar-refractivity contribution in [1.82, 2.24) is 5.32 Å². The van der Waals surface area contributed by atoms with Gasteiger partial charge in [-0.1, -0.05) is 18.1 Å². The molecule has 0 spiro atoms. The van der Waals surface area contributed by atoms with Crippen LogP contribution >= 0.6 is 15.9 Å². The number of hydrogen-bond acceptors (Lipinski definition) is 3. The van der Waals surface area contributed by atoms with Gasteiger partial charge in [-0.3, -0.25) is 4.79 Å². The number of halogens is 2. The first kappa shape index (κ1) is 14.4. The van der Waals surface area contributed by atoms with Gasteiger partial charge in [0.25, 0.3) is 5.91 Å². The lowest BCUT2D eigenvalue weighted by atomic mass is 10.1. The van der Waals surface area contributed by atoms with E-state index in [-0.39, 0.29) is 11.4 Å². The molecule has 0 bridgehead atoms. The Hall–Kier alpha value is -1.63. The number of carbonyl (C=O) groups is 1. The highest BCUT2D eigenvalue weighted by Crippen LogP contribution is 2.19. The number of amidine groups is 1. The minimum Gasteiger partial charge on any atom is -0.409 e. The molecular weight excluding hydrogens is 305 g/mol. The van der Waals surface area contributed by atoms with Crippen molar-refractivity contribution < 1.29 is 14.4 Å². The summed E-state index contributed by atoms with van der Waals surface area (Å²) in [7, 11) is 0. The van der Waals surface area contributed by atoms with Crippen LogP contribution in [-0.2, 0) is 0 Å². The van der Waals surface area contributed by atoms with E-state index in [1.54, 1.807) is 13.0 Å². The second-order valence-electron chi connectivity index (χ2n) is 3.56. The largest absolute Gasteiger partial charge is 0.409 e. The Labute approximate surface area is 112 Å². The van der Waals surface area contributed by atoms with E-state index >= 15 is 0 Å².